The molecule has 0 saturated carbocycles. The minimum atomic E-state index is -0.913. The van der Waals surface area contributed by atoms with Crippen molar-refractivity contribution in [1.29, 1.82) is 0 Å². The van der Waals surface area contributed by atoms with Crippen molar-refractivity contribution < 1.29 is 14.7 Å². The van der Waals surface area contributed by atoms with E-state index in [1.807, 2.05) is 0 Å². The molecule has 15 heavy (non-hydrogen) atoms. The Morgan fingerprint density at radius 3 is 2.33 bits per heavy atom. The van der Waals surface area contributed by atoms with Crippen LogP contribution in [0.5, 0.6) is 0 Å². The Kier molecular flexibility index (Phi) is 6.64. The van der Waals surface area contributed by atoms with E-state index in [-0.39, 0.29) is 12.3 Å². The summed E-state index contributed by atoms with van der Waals surface area (Å²) >= 11 is 0. The molecule has 2 atom stereocenters. The largest absolute Gasteiger partial charge is 0.391 e. The molecule has 2 unspecified atom stereocenters. The molecule has 6 heteroatoms. The van der Waals surface area contributed by atoms with Gasteiger partial charge in [-0.2, -0.15) is 0 Å². The van der Waals surface area contributed by atoms with E-state index in [2.05, 4.69) is 16.0 Å². The number of nitrogens with one attached hydrogen (secondary N) is 3. The van der Waals surface area contributed by atoms with Crippen LogP contribution < -0.4 is 16.0 Å². The molecule has 6 nitrogen and oxygen atoms in total. The molecule has 0 aromatic carbocycles. The highest BCUT2D eigenvalue weighted by Gasteiger charge is 2.23. The van der Waals surface area contributed by atoms with Gasteiger partial charge in [-0.3, -0.25) is 9.59 Å². The van der Waals surface area contributed by atoms with Gasteiger partial charge >= 0.3 is 0 Å². The maximum atomic E-state index is 11.3. The Hall–Kier alpha value is -1.14. The summed E-state index contributed by atoms with van der Waals surface area (Å²) in [6.07, 6.45) is -0.639. The number of carbonyl (C=O) groups excluding carboxylic acids is 2. The van der Waals surface area contributed by atoms with Crippen molar-refractivity contribution in [3.63, 3.8) is 0 Å². The van der Waals surface area contributed by atoms with Crippen LogP contribution in [-0.2, 0) is 9.59 Å². The molecule has 0 spiro atoms. The van der Waals surface area contributed by atoms with Crippen molar-refractivity contribution in [3.05, 3.63) is 0 Å². The second kappa shape index (κ2) is 7.19. The monoisotopic (exact) mass is 217 g/mol. The van der Waals surface area contributed by atoms with Gasteiger partial charge in [0.1, 0.15) is 6.04 Å². The van der Waals surface area contributed by atoms with Gasteiger partial charge in [-0.1, -0.05) is 0 Å². The SMILES string of the molecule is CNCCC(=O)NC(C(=O)NC)C(C)O. The molecule has 0 aliphatic rings. The number of hydrogen-bond donors (Lipinski definition) is 4. The number of aliphatic hydroxyl groups is 1. The second-order valence-corrected chi connectivity index (χ2v) is 3.25. The molecule has 0 saturated heterocycles. The number of likely N-dealkylation sites (N-methyl/N-ethyl adjacent to an activating group) is 1. The summed E-state index contributed by atoms with van der Waals surface area (Å²) in [6, 6.07) is -0.889. The van der Waals surface area contributed by atoms with E-state index < -0.39 is 18.1 Å². The zero-order valence-corrected chi connectivity index (χ0v) is 9.33. The summed E-state index contributed by atoms with van der Waals surface area (Å²) in [6.45, 7) is 1.99. The topological polar surface area (TPSA) is 90.5 Å². The van der Waals surface area contributed by atoms with Crippen LogP contribution in [0.25, 0.3) is 0 Å². The van der Waals surface area contributed by atoms with Gasteiger partial charge in [-0.05, 0) is 14.0 Å². The molecule has 0 heterocycles. The molecule has 0 aliphatic heterocycles. The summed E-state index contributed by atoms with van der Waals surface area (Å²) in [5.41, 5.74) is 0. The minimum absolute atomic E-state index is 0.265. The Bertz CT molecular complexity index is 219. The zero-order chi connectivity index (χ0) is 11.8. The van der Waals surface area contributed by atoms with Gasteiger partial charge in [-0.15, -0.1) is 0 Å². The van der Waals surface area contributed by atoms with Gasteiger partial charge < -0.3 is 21.1 Å². The molecule has 0 bridgehead atoms. The fourth-order valence-corrected chi connectivity index (χ4v) is 1.04. The zero-order valence-electron chi connectivity index (χ0n) is 9.33. The van der Waals surface area contributed by atoms with E-state index in [1.165, 1.54) is 14.0 Å². The predicted octanol–water partition coefficient (Wildman–Crippen LogP) is -1.79. The highest BCUT2D eigenvalue weighted by molar-refractivity contribution is 5.87. The summed E-state index contributed by atoms with van der Waals surface area (Å²) in [5, 5.41) is 17.0. The van der Waals surface area contributed by atoms with Crippen molar-refractivity contribution in [2.45, 2.75) is 25.5 Å². The summed E-state index contributed by atoms with van der Waals surface area (Å²) in [4.78, 5) is 22.6. The number of aliphatic hydroxyl groups excluding tert-OH is 1. The first-order chi connectivity index (χ1) is 7.02. The lowest BCUT2D eigenvalue weighted by molar-refractivity contribution is -0.131. The third kappa shape index (κ3) is 5.34. The summed E-state index contributed by atoms with van der Waals surface area (Å²) < 4.78 is 0. The van der Waals surface area contributed by atoms with Gasteiger partial charge in [-0.25, -0.2) is 0 Å². The first-order valence-electron chi connectivity index (χ1n) is 4.86. The Morgan fingerprint density at radius 2 is 1.93 bits per heavy atom. The molecular weight excluding hydrogens is 198 g/mol. The smallest absolute Gasteiger partial charge is 0.245 e. The molecule has 0 fully saturated rings. The van der Waals surface area contributed by atoms with Crippen molar-refractivity contribution in [2.75, 3.05) is 20.6 Å². The van der Waals surface area contributed by atoms with Crippen LogP contribution in [0.15, 0.2) is 0 Å². The number of amides is 2. The average molecular weight is 217 g/mol. The third-order valence-corrected chi connectivity index (χ3v) is 1.93. The highest BCUT2D eigenvalue weighted by atomic mass is 16.3. The molecular formula is C9H19N3O3. The second-order valence-electron chi connectivity index (χ2n) is 3.25. The maximum absolute atomic E-state index is 11.3. The van der Waals surface area contributed by atoms with Gasteiger partial charge in [0.15, 0.2) is 0 Å². The fraction of sp³-hybridized carbons (Fsp3) is 0.778. The van der Waals surface area contributed by atoms with E-state index in [0.29, 0.717) is 6.54 Å². The predicted molar refractivity (Wildman–Crippen MR) is 56.2 cm³/mol. The van der Waals surface area contributed by atoms with E-state index >= 15 is 0 Å². The minimum Gasteiger partial charge on any atom is -0.391 e. The standard InChI is InChI=1S/C9H19N3O3/c1-6(13)8(9(15)11-3)12-7(14)4-5-10-2/h6,8,10,13H,4-5H2,1-3H3,(H,11,15)(H,12,14). The normalized spacial score (nSPS) is 14.1. The van der Waals surface area contributed by atoms with Crippen molar-refractivity contribution in [2.24, 2.45) is 0 Å². The van der Waals surface area contributed by atoms with E-state index in [9.17, 15) is 14.7 Å². The third-order valence-electron chi connectivity index (χ3n) is 1.93. The van der Waals surface area contributed by atoms with Crippen LogP contribution in [0.1, 0.15) is 13.3 Å². The molecule has 0 aliphatic carbocycles. The average Bonchev–Trinajstić information content (AvgIpc) is 2.21. The van der Waals surface area contributed by atoms with Crippen LogP contribution in [0.3, 0.4) is 0 Å². The lowest BCUT2D eigenvalue weighted by atomic mass is 10.1. The number of rotatable bonds is 6. The van der Waals surface area contributed by atoms with Crippen molar-refractivity contribution in [3.8, 4) is 0 Å². The molecule has 4 N–H and O–H groups in total. The van der Waals surface area contributed by atoms with Gasteiger partial charge in [0.05, 0.1) is 6.10 Å². The lowest BCUT2D eigenvalue weighted by Gasteiger charge is -2.19. The highest BCUT2D eigenvalue weighted by Crippen LogP contribution is 1.93. The van der Waals surface area contributed by atoms with Gasteiger partial charge in [0, 0.05) is 20.0 Å². The Labute approximate surface area is 89.4 Å². The maximum Gasteiger partial charge on any atom is 0.245 e. The van der Waals surface area contributed by atoms with Gasteiger partial charge in [0.2, 0.25) is 11.8 Å². The Morgan fingerprint density at radius 1 is 1.33 bits per heavy atom. The van der Waals surface area contributed by atoms with E-state index in [1.54, 1.807) is 7.05 Å². The fourth-order valence-electron chi connectivity index (χ4n) is 1.04. The lowest BCUT2D eigenvalue weighted by Crippen LogP contribution is -2.51. The quantitative estimate of drug-likeness (QED) is 0.423. The number of hydrogen-bond acceptors (Lipinski definition) is 4. The van der Waals surface area contributed by atoms with E-state index in [0.717, 1.165) is 0 Å². The molecule has 0 radical (unpaired) electrons. The molecule has 0 aromatic heterocycles. The first-order valence-corrected chi connectivity index (χ1v) is 4.86. The van der Waals surface area contributed by atoms with E-state index in [4.69, 9.17) is 0 Å². The molecule has 0 rings (SSSR count). The summed E-state index contributed by atoms with van der Waals surface area (Å²) in [5.74, 6) is -0.665. The number of carbonyl (C=O) groups is 2. The molecule has 2 amide bonds. The summed E-state index contributed by atoms with van der Waals surface area (Å²) in [7, 11) is 3.19. The molecule has 88 valence electrons. The van der Waals surface area contributed by atoms with Crippen LogP contribution >= 0.6 is 0 Å². The van der Waals surface area contributed by atoms with Crippen LogP contribution in [0, 0.1) is 0 Å². The van der Waals surface area contributed by atoms with Crippen LogP contribution in [0.4, 0.5) is 0 Å². The molecule has 0 aromatic rings. The van der Waals surface area contributed by atoms with Gasteiger partial charge in [0.25, 0.3) is 0 Å². The van der Waals surface area contributed by atoms with Crippen molar-refractivity contribution in [1.82, 2.24) is 16.0 Å². The van der Waals surface area contributed by atoms with Crippen LogP contribution in [0.2, 0.25) is 0 Å². The first kappa shape index (κ1) is 13.9. The van der Waals surface area contributed by atoms with Crippen LogP contribution in [-0.4, -0.2) is 49.7 Å². The van der Waals surface area contributed by atoms with Crippen molar-refractivity contribution >= 4 is 11.8 Å². The Balaban J connectivity index is 4.17.